The number of hydrogen-bond donors (Lipinski definition) is 2. The second kappa shape index (κ2) is 19.4. The van der Waals surface area contributed by atoms with Crippen LogP contribution in [0.4, 0.5) is 0 Å². The van der Waals surface area contributed by atoms with Crippen LogP contribution in [0.15, 0.2) is 0 Å². The third-order valence-electron chi connectivity index (χ3n) is 4.05. The second-order valence-electron chi connectivity index (χ2n) is 6.40. The molecule has 0 aliphatic rings. The van der Waals surface area contributed by atoms with Crippen molar-refractivity contribution in [1.82, 2.24) is 5.32 Å². The van der Waals surface area contributed by atoms with Gasteiger partial charge in [-0.3, -0.25) is 4.79 Å². The predicted molar refractivity (Wildman–Crippen MR) is 98.6 cm³/mol. The summed E-state index contributed by atoms with van der Waals surface area (Å²) in [6.45, 7) is 5.79. The van der Waals surface area contributed by atoms with Crippen molar-refractivity contribution in [3.63, 3.8) is 0 Å². The maximum Gasteiger partial charge on any atom is 0.305 e. The topological polar surface area (TPSA) is 64.3 Å². The first-order valence-electron chi connectivity index (χ1n) is 9.87. The van der Waals surface area contributed by atoms with Crippen LogP contribution in [0.5, 0.6) is 0 Å². The summed E-state index contributed by atoms with van der Waals surface area (Å²) in [6, 6.07) is 0. The van der Waals surface area contributed by atoms with Gasteiger partial charge in [0.25, 0.3) is 0 Å². The summed E-state index contributed by atoms with van der Waals surface area (Å²) in [7, 11) is 0. The number of hydrogen-bond acceptors (Lipinski definition) is 4. The molecule has 0 bridgehead atoms. The first-order valence-corrected chi connectivity index (χ1v) is 9.87. The van der Waals surface area contributed by atoms with Crippen LogP contribution in [0.25, 0.3) is 0 Å². The SMILES string of the molecule is CCCCCCCOC(=O)CCCCCNCCCCCCN. The molecule has 0 saturated heterocycles. The molecule has 138 valence electrons. The number of carbonyl (C=O) groups is 1. The van der Waals surface area contributed by atoms with E-state index in [2.05, 4.69) is 12.2 Å². The molecule has 0 aromatic rings. The van der Waals surface area contributed by atoms with Gasteiger partial charge in [0.05, 0.1) is 6.61 Å². The lowest BCUT2D eigenvalue weighted by Crippen LogP contribution is -2.16. The second-order valence-corrected chi connectivity index (χ2v) is 6.40. The molecule has 0 fully saturated rings. The van der Waals surface area contributed by atoms with E-state index in [1.54, 1.807) is 0 Å². The van der Waals surface area contributed by atoms with E-state index in [4.69, 9.17) is 10.5 Å². The number of esters is 1. The van der Waals surface area contributed by atoms with Crippen molar-refractivity contribution in [1.29, 1.82) is 0 Å². The summed E-state index contributed by atoms with van der Waals surface area (Å²) in [4.78, 5) is 11.5. The highest BCUT2D eigenvalue weighted by atomic mass is 16.5. The van der Waals surface area contributed by atoms with Crippen molar-refractivity contribution in [2.24, 2.45) is 5.73 Å². The number of ether oxygens (including phenoxy) is 1. The molecule has 0 aliphatic heterocycles. The Morgan fingerprint density at radius 1 is 0.826 bits per heavy atom. The van der Waals surface area contributed by atoms with Crippen LogP contribution in [0, 0.1) is 0 Å². The zero-order valence-corrected chi connectivity index (χ0v) is 15.4. The minimum atomic E-state index is -0.0200. The van der Waals surface area contributed by atoms with E-state index in [-0.39, 0.29) is 5.97 Å². The highest BCUT2D eigenvalue weighted by Gasteiger charge is 2.02. The van der Waals surface area contributed by atoms with Gasteiger partial charge in [-0.1, -0.05) is 51.9 Å². The molecule has 0 aromatic heterocycles. The van der Waals surface area contributed by atoms with Crippen molar-refractivity contribution >= 4 is 5.97 Å². The van der Waals surface area contributed by atoms with Crippen LogP contribution in [-0.4, -0.2) is 32.2 Å². The molecule has 0 heterocycles. The van der Waals surface area contributed by atoms with Gasteiger partial charge in [0, 0.05) is 6.42 Å². The van der Waals surface area contributed by atoms with Gasteiger partial charge in [-0.05, 0) is 51.7 Å². The summed E-state index contributed by atoms with van der Waals surface area (Å²) in [5.41, 5.74) is 5.46. The van der Waals surface area contributed by atoms with Gasteiger partial charge in [0.1, 0.15) is 0 Å². The molecule has 4 nitrogen and oxygen atoms in total. The van der Waals surface area contributed by atoms with Crippen molar-refractivity contribution < 1.29 is 9.53 Å². The first-order chi connectivity index (χ1) is 11.3. The van der Waals surface area contributed by atoms with Crippen LogP contribution in [0.3, 0.4) is 0 Å². The van der Waals surface area contributed by atoms with Crippen LogP contribution in [0.1, 0.15) is 90.4 Å². The summed E-state index contributed by atoms with van der Waals surface area (Å²) < 4.78 is 5.25. The number of unbranched alkanes of at least 4 members (excludes halogenated alkanes) is 9. The molecule has 23 heavy (non-hydrogen) atoms. The smallest absolute Gasteiger partial charge is 0.305 e. The van der Waals surface area contributed by atoms with Crippen molar-refractivity contribution in [3.8, 4) is 0 Å². The Morgan fingerprint density at radius 3 is 2.13 bits per heavy atom. The standard InChI is InChI=1S/C19H40N2O2/c1-2-3-4-7-13-18-23-19(22)14-9-8-12-17-21-16-11-6-5-10-15-20/h21H,2-18,20H2,1H3. The lowest BCUT2D eigenvalue weighted by Gasteiger charge is -2.06. The summed E-state index contributed by atoms with van der Waals surface area (Å²) in [6.07, 6.45) is 14.7. The van der Waals surface area contributed by atoms with Crippen LogP contribution in [-0.2, 0) is 9.53 Å². The van der Waals surface area contributed by atoms with E-state index < -0.39 is 0 Å². The predicted octanol–water partition coefficient (Wildman–Crippen LogP) is 4.17. The lowest BCUT2D eigenvalue weighted by atomic mass is 10.1. The molecular weight excluding hydrogens is 288 g/mol. The van der Waals surface area contributed by atoms with E-state index in [0.29, 0.717) is 13.0 Å². The van der Waals surface area contributed by atoms with Crippen molar-refractivity contribution in [2.75, 3.05) is 26.2 Å². The Balaban J connectivity index is 3.11. The van der Waals surface area contributed by atoms with Gasteiger partial charge < -0.3 is 15.8 Å². The molecule has 0 aliphatic carbocycles. The Kier molecular flexibility index (Phi) is 18.9. The third-order valence-corrected chi connectivity index (χ3v) is 4.05. The van der Waals surface area contributed by atoms with Gasteiger partial charge in [-0.15, -0.1) is 0 Å². The van der Waals surface area contributed by atoms with Gasteiger partial charge in [-0.25, -0.2) is 0 Å². The highest BCUT2D eigenvalue weighted by Crippen LogP contribution is 2.05. The fourth-order valence-electron chi connectivity index (χ4n) is 2.53. The van der Waals surface area contributed by atoms with Gasteiger partial charge in [0.15, 0.2) is 0 Å². The van der Waals surface area contributed by atoms with Crippen LogP contribution < -0.4 is 11.1 Å². The Bertz CT molecular complexity index is 248. The van der Waals surface area contributed by atoms with E-state index in [0.717, 1.165) is 51.7 Å². The van der Waals surface area contributed by atoms with E-state index >= 15 is 0 Å². The van der Waals surface area contributed by atoms with E-state index in [9.17, 15) is 4.79 Å². The molecule has 0 radical (unpaired) electrons. The number of carbonyl (C=O) groups excluding carboxylic acids is 1. The van der Waals surface area contributed by atoms with E-state index in [1.807, 2.05) is 0 Å². The largest absolute Gasteiger partial charge is 0.466 e. The summed E-state index contributed by atoms with van der Waals surface area (Å²) >= 11 is 0. The molecule has 0 aromatic carbocycles. The zero-order chi connectivity index (χ0) is 17.0. The van der Waals surface area contributed by atoms with Crippen molar-refractivity contribution in [2.45, 2.75) is 90.4 Å². The fraction of sp³-hybridized carbons (Fsp3) is 0.947. The molecule has 0 unspecified atom stereocenters. The minimum absolute atomic E-state index is 0.0200. The lowest BCUT2D eigenvalue weighted by molar-refractivity contribution is -0.143. The van der Waals surface area contributed by atoms with Crippen LogP contribution >= 0.6 is 0 Å². The maximum absolute atomic E-state index is 11.5. The average molecular weight is 329 g/mol. The minimum Gasteiger partial charge on any atom is -0.466 e. The number of nitrogens with one attached hydrogen (secondary N) is 1. The Hall–Kier alpha value is -0.610. The quantitative estimate of drug-likeness (QED) is 0.293. The normalized spacial score (nSPS) is 10.9. The fourth-order valence-corrected chi connectivity index (χ4v) is 2.53. The first kappa shape index (κ1) is 22.4. The number of rotatable bonds is 18. The molecule has 3 N–H and O–H groups in total. The molecule has 4 heteroatoms. The third kappa shape index (κ3) is 19.3. The van der Waals surface area contributed by atoms with Gasteiger partial charge in [0.2, 0.25) is 0 Å². The molecule has 0 spiro atoms. The Morgan fingerprint density at radius 2 is 1.43 bits per heavy atom. The van der Waals surface area contributed by atoms with Crippen molar-refractivity contribution in [3.05, 3.63) is 0 Å². The van der Waals surface area contributed by atoms with Gasteiger partial charge >= 0.3 is 5.97 Å². The molecule has 0 rings (SSSR count). The van der Waals surface area contributed by atoms with E-state index in [1.165, 1.54) is 44.9 Å². The molecule has 0 atom stereocenters. The maximum atomic E-state index is 11.5. The summed E-state index contributed by atoms with van der Waals surface area (Å²) in [5.74, 6) is -0.0200. The zero-order valence-electron chi connectivity index (χ0n) is 15.4. The monoisotopic (exact) mass is 328 g/mol. The molecule has 0 saturated carbocycles. The van der Waals surface area contributed by atoms with Gasteiger partial charge in [-0.2, -0.15) is 0 Å². The number of nitrogens with two attached hydrogens (primary N) is 1. The van der Waals surface area contributed by atoms with Crippen LogP contribution in [0.2, 0.25) is 0 Å². The molecule has 0 amide bonds. The molecular formula is C19H40N2O2. The summed E-state index contributed by atoms with van der Waals surface area (Å²) in [5, 5.41) is 3.46. The highest BCUT2D eigenvalue weighted by molar-refractivity contribution is 5.69. The Labute approximate surface area is 143 Å². The average Bonchev–Trinajstić information content (AvgIpc) is 2.56.